The van der Waals surface area contributed by atoms with Crippen molar-refractivity contribution in [2.45, 2.75) is 0 Å². The molecule has 0 spiro atoms. The van der Waals surface area contributed by atoms with Crippen LogP contribution in [0.5, 0.6) is 0 Å². The number of hydrogen-bond acceptors (Lipinski definition) is 2. The molecule has 44 heavy (non-hydrogen) atoms. The molecule has 0 N–H and O–H groups in total. The van der Waals surface area contributed by atoms with E-state index < -0.39 is 0 Å². The van der Waals surface area contributed by atoms with Crippen molar-refractivity contribution in [2.75, 3.05) is 4.90 Å². The first-order valence-electron chi connectivity index (χ1n) is 14.8. The van der Waals surface area contributed by atoms with Crippen LogP contribution in [0.2, 0.25) is 0 Å². The van der Waals surface area contributed by atoms with Crippen LogP contribution in [-0.2, 0) is 0 Å². The third-order valence-corrected chi connectivity index (χ3v) is 13.9. The fraction of sp³-hybridized carbons (Fsp3) is 0. The average molecular weight is 692 g/mol. The third-order valence-electron chi connectivity index (χ3n) is 8.85. The topological polar surface area (TPSA) is 16.4 Å². The molecule has 0 unspecified atom stereocenters. The van der Waals surface area contributed by atoms with Gasteiger partial charge in [-0.15, -0.1) is 0 Å². The molecule has 7 aromatic carbocycles. The summed E-state index contributed by atoms with van der Waals surface area (Å²) in [5.74, 6) is 0. The van der Waals surface area contributed by atoms with Crippen LogP contribution in [0.1, 0.15) is 0 Å². The molecule has 0 atom stereocenters. The summed E-state index contributed by atoms with van der Waals surface area (Å²) in [7, 11) is 0. The number of para-hydroxylation sites is 1. The molecule has 0 radical (unpaired) electrons. The molecule has 0 saturated heterocycles. The number of nitrogens with zero attached hydrogens (tertiary/aromatic N) is 1. The second-order valence-electron chi connectivity index (χ2n) is 11.3. The van der Waals surface area contributed by atoms with E-state index >= 15 is 0 Å². The zero-order valence-corrected chi connectivity index (χ0v) is 26.9. The number of furan rings is 1. The summed E-state index contributed by atoms with van der Waals surface area (Å²) in [5, 5.41) is 10.5. The predicted molar refractivity (Wildman–Crippen MR) is 190 cm³/mol. The molecule has 0 aliphatic rings. The molecule has 3 heterocycles. The molecule has 0 amide bonds. The summed E-state index contributed by atoms with van der Waals surface area (Å²) in [6.45, 7) is 0. The fourth-order valence-electron chi connectivity index (χ4n) is 6.83. The maximum absolute atomic E-state index is 6.39. The molecular weight excluding hydrogens is 668 g/mol. The van der Waals surface area contributed by atoms with Gasteiger partial charge in [0.05, 0.1) is 0 Å². The van der Waals surface area contributed by atoms with E-state index in [9.17, 15) is 0 Å². The molecule has 0 aliphatic heterocycles. The van der Waals surface area contributed by atoms with Crippen LogP contribution in [0.25, 0.3) is 71.3 Å². The molecule has 206 valence electrons. The Morgan fingerprint density at radius 1 is 0.409 bits per heavy atom. The summed E-state index contributed by atoms with van der Waals surface area (Å²) in [5.41, 5.74) is 5.35. The van der Waals surface area contributed by atoms with E-state index in [1.54, 1.807) is 0 Å². The van der Waals surface area contributed by atoms with Crippen molar-refractivity contribution in [1.29, 1.82) is 0 Å². The summed E-state index contributed by atoms with van der Waals surface area (Å²) < 4.78 is 12.2. The molecular formula is C40H23NOSe2. The first kappa shape index (κ1) is 24.8. The van der Waals surface area contributed by atoms with Gasteiger partial charge in [0, 0.05) is 0 Å². The van der Waals surface area contributed by atoms with E-state index in [1.807, 2.05) is 6.07 Å². The van der Waals surface area contributed by atoms with Gasteiger partial charge in [-0.3, -0.25) is 0 Å². The maximum atomic E-state index is 6.39. The average Bonchev–Trinajstić information content (AvgIpc) is 3.76. The molecule has 2 nitrogen and oxygen atoms in total. The van der Waals surface area contributed by atoms with Gasteiger partial charge in [0.15, 0.2) is 0 Å². The summed E-state index contributed by atoms with van der Waals surface area (Å²) in [4.78, 5) is 2.45. The molecule has 0 saturated carbocycles. The van der Waals surface area contributed by atoms with Crippen molar-refractivity contribution in [2.24, 2.45) is 0 Å². The fourth-order valence-corrected chi connectivity index (χ4v) is 12.0. The van der Waals surface area contributed by atoms with Crippen LogP contribution in [0.4, 0.5) is 17.1 Å². The number of anilines is 3. The van der Waals surface area contributed by atoms with Crippen LogP contribution in [0.3, 0.4) is 0 Å². The van der Waals surface area contributed by atoms with Gasteiger partial charge in [-0.1, -0.05) is 0 Å². The molecule has 10 aromatic rings. The summed E-state index contributed by atoms with van der Waals surface area (Å²) in [6, 6.07) is 51.3. The van der Waals surface area contributed by atoms with E-state index in [1.165, 1.54) is 55.0 Å². The second kappa shape index (κ2) is 9.47. The molecule has 0 bridgehead atoms. The van der Waals surface area contributed by atoms with Gasteiger partial charge in [0.1, 0.15) is 0 Å². The van der Waals surface area contributed by atoms with Crippen LogP contribution >= 0.6 is 0 Å². The Morgan fingerprint density at radius 3 is 1.82 bits per heavy atom. The second-order valence-corrected chi connectivity index (χ2v) is 15.7. The normalized spacial score (nSPS) is 12.1. The molecule has 0 fully saturated rings. The summed E-state index contributed by atoms with van der Waals surface area (Å²) in [6.07, 6.45) is 0. The van der Waals surface area contributed by atoms with E-state index in [0.29, 0.717) is 14.5 Å². The number of fused-ring (bicyclic) bond motifs is 11. The van der Waals surface area contributed by atoms with Gasteiger partial charge in [-0.2, -0.15) is 0 Å². The number of benzene rings is 7. The van der Waals surface area contributed by atoms with Crippen molar-refractivity contribution >= 4 is 117 Å². The van der Waals surface area contributed by atoms with Gasteiger partial charge in [0.25, 0.3) is 0 Å². The SMILES string of the molecule is c1ccc2c(c1)oc1cc(N(c3ccc4c(ccc5c6ccccc6[se]c45)c3)c3cccc4c3[se]c3ccccc34)ccc12. The van der Waals surface area contributed by atoms with Crippen LogP contribution in [0.15, 0.2) is 144 Å². The zero-order valence-electron chi connectivity index (χ0n) is 23.5. The van der Waals surface area contributed by atoms with Crippen molar-refractivity contribution in [3.8, 4) is 0 Å². The van der Waals surface area contributed by atoms with Crippen LogP contribution in [-0.4, -0.2) is 29.0 Å². The Bertz CT molecular complexity index is 2750. The van der Waals surface area contributed by atoms with E-state index in [4.69, 9.17) is 4.42 Å². The Kier molecular flexibility index (Phi) is 5.34. The zero-order chi connectivity index (χ0) is 28.8. The predicted octanol–water partition coefficient (Wildman–Crippen LogP) is 10.9. The first-order chi connectivity index (χ1) is 21.8. The quantitative estimate of drug-likeness (QED) is 0.172. The van der Waals surface area contributed by atoms with Gasteiger partial charge in [-0.05, 0) is 0 Å². The first-order valence-corrected chi connectivity index (χ1v) is 18.2. The van der Waals surface area contributed by atoms with Crippen molar-refractivity contribution in [1.82, 2.24) is 0 Å². The van der Waals surface area contributed by atoms with Crippen LogP contribution < -0.4 is 4.90 Å². The van der Waals surface area contributed by atoms with Gasteiger partial charge >= 0.3 is 266 Å². The third kappa shape index (κ3) is 3.60. The minimum atomic E-state index is 0.218. The van der Waals surface area contributed by atoms with Crippen LogP contribution in [0, 0.1) is 0 Å². The monoisotopic (exact) mass is 693 g/mol. The van der Waals surface area contributed by atoms with Gasteiger partial charge in [0.2, 0.25) is 0 Å². The number of hydrogen-bond donors (Lipinski definition) is 0. The van der Waals surface area contributed by atoms with Gasteiger partial charge < -0.3 is 0 Å². The standard InChI is InChI=1S/C40H23NOSe2/c1-4-13-35-28(8-1)29-21-18-26(23-36(29)42-35)41(34-12-7-11-32-30-9-2-6-15-38(30)44-40(32)34)25-17-20-27-24(22-25)16-19-33-31-10-3-5-14-37(31)43-39(27)33/h1-23H. The summed E-state index contributed by atoms with van der Waals surface area (Å²) >= 11 is 0.531. The minimum absolute atomic E-state index is 0.218. The Balaban J connectivity index is 1.24. The Hall–Kier alpha value is -4.56. The molecule has 0 aliphatic carbocycles. The van der Waals surface area contributed by atoms with E-state index in [-0.39, 0.29) is 14.5 Å². The van der Waals surface area contributed by atoms with Crippen molar-refractivity contribution in [3.05, 3.63) is 140 Å². The molecule has 10 rings (SSSR count). The molecule has 4 heteroatoms. The van der Waals surface area contributed by atoms with E-state index in [0.717, 1.165) is 33.3 Å². The van der Waals surface area contributed by atoms with Crippen molar-refractivity contribution in [3.63, 3.8) is 0 Å². The Labute approximate surface area is 264 Å². The van der Waals surface area contributed by atoms with Crippen molar-refractivity contribution < 1.29 is 4.42 Å². The number of rotatable bonds is 3. The molecule has 3 aromatic heterocycles. The Morgan fingerprint density at radius 2 is 1.00 bits per heavy atom. The van der Waals surface area contributed by atoms with E-state index in [2.05, 4.69) is 138 Å². The van der Waals surface area contributed by atoms with Gasteiger partial charge in [-0.25, -0.2) is 0 Å².